The summed E-state index contributed by atoms with van der Waals surface area (Å²) in [6, 6.07) is 5.67. The first-order valence-corrected chi connectivity index (χ1v) is 11.1. The molecule has 6 heteroatoms. The van der Waals surface area contributed by atoms with Crippen molar-refractivity contribution < 1.29 is 14.3 Å². The number of hydrogen-bond acceptors (Lipinski definition) is 4. The van der Waals surface area contributed by atoms with Crippen molar-refractivity contribution >= 4 is 22.9 Å². The lowest BCUT2D eigenvalue weighted by Gasteiger charge is -2.24. The van der Waals surface area contributed by atoms with Gasteiger partial charge in [-0.2, -0.15) is 0 Å². The van der Waals surface area contributed by atoms with Gasteiger partial charge in [0.15, 0.2) is 0 Å². The summed E-state index contributed by atoms with van der Waals surface area (Å²) in [5, 5.41) is 0. The first kappa shape index (κ1) is 23.9. The molecule has 1 aromatic heterocycles. The number of hydrogen-bond donors (Lipinski definition) is 0. The first-order chi connectivity index (χ1) is 14.3. The quantitative estimate of drug-likeness (QED) is 0.499. The van der Waals surface area contributed by atoms with Gasteiger partial charge in [-0.15, -0.1) is 0 Å². The van der Waals surface area contributed by atoms with Crippen molar-refractivity contribution in [2.24, 2.45) is 11.8 Å². The zero-order chi connectivity index (χ0) is 22.3. The number of methoxy groups -OCH3 is 1. The normalized spacial score (nSPS) is 11.5. The number of carbonyl (C=O) groups is 2. The van der Waals surface area contributed by atoms with Gasteiger partial charge in [-0.1, -0.05) is 34.6 Å². The van der Waals surface area contributed by atoms with Crippen LogP contribution >= 0.6 is 0 Å². The third kappa shape index (κ3) is 6.31. The summed E-state index contributed by atoms with van der Waals surface area (Å²) in [5.74, 6) is 1.53. The monoisotopic (exact) mass is 415 g/mol. The number of aromatic nitrogens is 2. The molecule has 0 radical (unpaired) electrons. The highest BCUT2D eigenvalue weighted by molar-refractivity contribution is 5.97. The molecule has 0 aliphatic heterocycles. The van der Waals surface area contributed by atoms with Gasteiger partial charge in [0.25, 0.3) is 5.91 Å². The molecule has 30 heavy (non-hydrogen) atoms. The minimum atomic E-state index is -0.312. The maximum atomic E-state index is 13.3. The molecule has 0 unspecified atom stereocenters. The molecular weight excluding hydrogens is 378 g/mol. The van der Waals surface area contributed by atoms with Gasteiger partial charge in [0, 0.05) is 25.2 Å². The van der Waals surface area contributed by atoms with Crippen molar-refractivity contribution in [1.29, 1.82) is 0 Å². The van der Waals surface area contributed by atoms with Crippen LogP contribution in [-0.4, -0.2) is 46.5 Å². The highest BCUT2D eigenvalue weighted by atomic mass is 16.5. The van der Waals surface area contributed by atoms with Crippen molar-refractivity contribution in [3.63, 3.8) is 0 Å². The Labute approximate surface area is 180 Å². The molecule has 0 saturated carbocycles. The van der Waals surface area contributed by atoms with Crippen LogP contribution < -0.4 is 0 Å². The summed E-state index contributed by atoms with van der Waals surface area (Å²) in [5.41, 5.74) is 2.38. The van der Waals surface area contributed by atoms with E-state index in [9.17, 15) is 9.59 Å². The Morgan fingerprint density at radius 3 is 2.27 bits per heavy atom. The Morgan fingerprint density at radius 1 is 1.10 bits per heavy atom. The van der Waals surface area contributed by atoms with E-state index in [1.807, 2.05) is 27.7 Å². The van der Waals surface area contributed by atoms with E-state index in [1.165, 1.54) is 7.11 Å². The van der Waals surface area contributed by atoms with Crippen molar-refractivity contribution in [2.75, 3.05) is 20.2 Å². The topological polar surface area (TPSA) is 64.4 Å². The number of rotatable bonds is 11. The fraction of sp³-hybridized carbons (Fsp3) is 0.625. The Bertz CT molecular complexity index is 843. The molecule has 6 nitrogen and oxygen atoms in total. The molecule has 2 aromatic rings. The number of carbonyl (C=O) groups excluding carboxylic acids is 2. The van der Waals surface area contributed by atoms with Gasteiger partial charge in [-0.3, -0.25) is 9.59 Å². The SMILES string of the molecule is CCCn1c(CC(=O)OC)nc2ccc(C(=O)N(CCC(C)C)CCC(C)C)cc21. The molecule has 0 bridgehead atoms. The second-order valence-electron chi connectivity index (χ2n) is 8.79. The van der Waals surface area contributed by atoms with Crippen LogP contribution in [0.4, 0.5) is 0 Å². The molecule has 1 heterocycles. The standard InChI is InChI=1S/C24H37N3O3/c1-7-12-27-21-15-19(8-9-20(21)25-22(27)16-23(28)30-6)24(29)26(13-10-17(2)3)14-11-18(4)5/h8-9,15,17-18H,7,10-14,16H2,1-6H3. The Morgan fingerprint density at radius 2 is 1.73 bits per heavy atom. The van der Waals surface area contributed by atoms with Gasteiger partial charge in [-0.05, 0) is 49.3 Å². The lowest BCUT2D eigenvalue weighted by Crippen LogP contribution is -2.34. The fourth-order valence-corrected chi connectivity index (χ4v) is 3.44. The van der Waals surface area contributed by atoms with Crippen LogP contribution in [0.3, 0.4) is 0 Å². The second kappa shape index (κ2) is 11.1. The summed E-state index contributed by atoms with van der Waals surface area (Å²) < 4.78 is 6.85. The number of fused-ring (bicyclic) bond motifs is 1. The summed E-state index contributed by atoms with van der Waals surface area (Å²) in [4.78, 5) is 31.7. The molecule has 2 rings (SSSR count). The van der Waals surface area contributed by atoms with Gasteiger partial charge in [0.2, 0.25) is 0 Å². The van der Waals surface area contributed by atoms with E-state index in [0.29, 0.717) is 23.2 Å². The average molecular weight is 416 g/mol. The zero-order valence-corrected chi connectivity index (χ0v) is 19.4. The summed E-state index contributed by atoms with van der Waals surface area (Å²) in [6.45, 7) is 13.1. The van der Waals surface area contributed by atoms with E-state index >= 15 is 0 Å². The van der Waals surface area contributed by atoms with Crippen LogP contribution in [-0.2, 0) is 22.5 Å². The smallest absolute Gasteiger partial charge is 0.313 e. The Hall–Kier alpha value is -2.37. The van der Waals surface area contributed by atoms with Gasteiger partial charge in [0.1, 0.15) is 12.2 Å². The van der Waals surface area contributed by atoms with Crippen molar-refractivity contribution in [3.05, 3.63) is 29.6 Å². The molecule has 0 fully saturated rings. The number of ether oxygens (including phenoxy) is 1. The molecule has 0 spiro atoms. The Kier molecular flexibility index (Phi) is 8.88. The predicted molar refractivity (Wildman–Crippen MR) is 121 cm³/mol. The highest BCUT2D eigenvalue weighted by Gasteiger charge is 2.20. The molecule has 0 N–H and O–H groups in total. The van der Waals surface area contributed by atoms with Crippen LogP contribution in [0, 0.1) is 11.8 Å². The fourth-order valence-electron chi connectivity index (χ4n) is 3.44. The van der Waals surface area contributed by atoms with E-state index in [0.717, 1.165) is 49.9 Å². The molecule has 0 aliphatic rings. The summed E-state index contributed by atoms with van der Waals surface area (Å²) >= 11 is 0. The van der Waals surface area contributed by atoms with Crippen LogP contribution in [0.1, 0.15) is 70.1 Å². The lowest BCUT2D eigenvalue weighted by molar-refractivity contribution is -0.139. The van der Waals surface area contributed by atoms with Crippen molar-refractivity contribution in [1.82, 2.24) is 14.5 Å². The average Bonchev–Trinajstić information content (AvgIpc) is 3.03. The maximum absolute atomic E-state index is 13.3. The molecule has 0 aliphatic carbocycles. The number of benzene rings is 1. The van der Waals surface area contributed by atoms with E-state index in [4.69, 9.17) is 4.74 Å². The number of aryl methyl sites for hydroxylation is 1. The van der Waals surface area contributed by atoms with Crippen LogP contribution in [0.15, 0.2) is 18.2 Å². The maximum Gasteiger partial charge on any atom is 0.313 e. The van der Waals surface area contributed by atoms with Crippen molar-refractivity contribution in [3.8, 4) is 0 Å². The van der Waals surface area contributed by atoms with Crippen molar-refractivity contribution in [2.45, 2.75) is 66.8 Å². The van der Waals surface area contributed by atoms with E-state index in [1.54, 1.807) is 0 Å². The van der Waals surface area contributed by atoms with Gasteiger partial charge < -0.3 is 14.2 Å². The number of nitrogens with zero attached hydrogens (tertiary/aromatic N) is 3. The second-order valence-corrected chi connectivity index (χ2v) is 8.79. The molecule has 0 atom stereocenters. The number of amides is 1. The molecule has 166 valence electrons. The lowest BCUT2D eigenvalue weighted by atomic mass is 10.1. The minimum absolute atomic E-state index is 0.0666. The molecule has 1 amide bonds. The van der Waals surface area contributed by atoms with Crippen LogP contribution in [0.5, 0.6) is 0 Å². The van der Waals surface area contributed by atoms with E-state index in [-0.39, 0.29) is 18.3 Å². The van der Waals surface area contributed by atoms with Crippen LogP contribution in [0.25, 0.3) is 11.0 Å². The van der Waals surface area contributed by atoms with E-state index < -0.39 is 0 Å². The van der Waals surface area contributed by atoms with Gasteiger partial charge in [-0.25, -0.2) is 4.98 Å². The van der Waals surface area contributed by atoms with Gasteiger partial charge in [0.05, 0.1) is 18.1 Å². The largest absolute Gasteiger partial charge is 0.469 e. The molecule has 0 saturated heterocycles. The first-order valence-electron chi connectivity index (χ1n) is 11.1. The summed E-state index contributed by atoms with van der Waals surface area (Å²) in [7, 11) is 1.38. The molecule has 1 aromatic carbocycles. The predicted octanol–water partition coefficient (Wildman–Crippen LogP) is 4.70. The highest BCUT2D eigenvalue weighted by Crippen LogP contribution is 2.21. The zero-order valence-electron chi connectivity index (χ0n) is 19.4. The minimum Gasteiger partial charge on any atom is -0.469 e. The summed E-state index contributed by atoms with van der Waals surface area (Å²) in [6.07, 6.45) is 3.02. The van der Waals surface area contributed by atoms with E-state index in [2.05, 4.69) is 39.6 Å². The third-order valence-electron chi connectivity index (χ3n) is 5.29. The number of esters is 1. The number of imidazole rings is 1. The van der Waals surface area contributed by atoms with Gasteiger partial charge >= 0.3 is 5.97 Å². The Balaban J connectivity index is 2.37. The molecular formula is C24H37N3O3. The third-order valence-corrected chi connectivity index (χ3v) is 5.29. The van der Waals surface area contributed by atoms with Crippen LogP contribution in [0.2, 0.25) is 0 Å².